The van der Waals surface area contributed by atoms with Crippen molar-refractivity contribution in [3.63, 3.8) is 0 Å². The molecule has 1 N–H and O–H groups in total. The topological polar surface area (TPSA) is 21.3 Å². The van der Waals surface area contributed by atoms with Gasteiger partial charge in [-0.1, -0.05) is 0 Å². The molecule has 1 rings (SSSR count). The monoisotopic (exact) mass is 183 g/mol. The van der Waals surface area contributed by atoms with E-state index in [2.05, 4.69) is 10.1 Å². The molecule has 0 aromatic rings. The van der Waals surface area contributed by atoms with Crippen molar-refractivity contribution < 1.29 is 17.9 Å². The third-order valence-electron chi connectivity index (χ3n) is 1.78. The smallest absolute Gasteiger partial charge is 0.372 e. The van der Waals surface area contributed by atoms with Crippen LogP contribution in [-0.4, -0.2) is 32.5 Å². The molecule has 1 aliphatic rings. The molecule has 0 bridgehead atoms. The molecule has 0 amide bonds. The van der Waals surface area contributed by atoms with Crippen LogP contribution in [0.1, 0.15) is 6.42 Å². The Labute approximate surface area is 69.1 Å². The maximum Gasteiger partial charge on any atom is 0.411 e. The fraction of sp³-hybridized carbons (Fsp3) is 1.00. The summed E-state index contributed by atoms with van der Waals surface area (Å²) in [4.78, 5) is 0. The molecule has 1 atom stereocenters. The molecule has 0 aromatic carbocycles. The number of halogens is 3. The van der Waals surface area contributed by atoms with Gasteiger partial charge in [0.1, 0.15) is 6.61 Å². The van der Waals surface area contributed by atoms with Crippen LogP contribution in [0.15, 0.2) is 0 Å². The summed E-state index contributed by atoms with van der Waals surface area (Å²) in [6.45, 7) is 0.758. The third-order valence-corrected chi connectivity index (χ3v) is 1.78. The molecule has 0 radical (unpaired) electrons. The van der Waals surface area contributed by atoms with Gasteiger partial charge >= 0.3 is 6.18 Å². The van der Waals surface area contributed by atoms with Crippen molar-refractivity contribution in [2.45, 2.75) is 12.6 Å². The van der Waals surface area contributed by atoms with Crippen LogP contribution >= 0.6 is 0 Å². The fourth-order valence-electron chi connectivity index (χ4n) is 1.20. The van der Waals surface area contributed by atoms with E-state index in [0.29, 0.717) is 0 Å². The number of nitrogens with one attached hydrogen (secondary N) is 1. The summed E-state index contributed by atoms with van der Waals surface area (Å²) < 4.78 is 39.3. The Balaban J connectivity index is 2.02. The first-order valence-electron chi connectivity index (χ1n) is 3.93. The minimum absolute atomic E-state index is 0.215. The number of hydrogen-bond donors (Lipinski definition) is 1. The molecule has 72 valence electrons. The first-order valence-corrected chi connectivity index (χ1v) is 3.93. The standard InChI is InChI=1S/C7H12F3NO/c8-7(9,10)5-12-4-6-1-2-11-3-6/h6,11H,1-5H2. The number of ether oxygens (including phenoxy) is 1. The second-order valence-electron chi connectivity index (χ2n) is 2.99. The molecule has 1 aliphatic heterocycles. The zero-order valence-corrected chi connectivity index (χ0v) is 6.66. The van der Waals surface area contributed by atoms with Crippen LogP contribution < -0.4 is 5.32 Å². The highest BCUT2D eigenvalue weighted by atomic mass is 19.4. The Bertz CT molecular complexity index is 131. The quantitative estimate of drug-likeness (QED) is 0.709. The lowest BCUT2D eigenvalue weighted by molar-refractivity contribution is -0.176. The SMILES string of the molecule is FC(F)(F)COCC1CCNC1. The van der Waals surface area contributed by atoms with Crippen LogP contribution in [0.25, 0.3) is 0 Å². The van der Waals surface area contributed by atoms with Gasteiger partial charge in [0.15, 0.2) is 0 Å². The van der Waals surface area contributed by atoms with Crippen molar-refractivity contribution in [3.05, 3.63) is 0 Å². The second kappa shape index (κ2) is 4.09. The lowest BCUT2D eigenvalue weighted by Crippen LogP contribution is -2.21. The Morgan fingerprint density at radius 1 is 1.42 bits per heavy atom. The lowest BCUT2D eigenvalue weighted by atomic mass is 10.1. The van der Waals surface area contributed by atoms with E-state index in [4.69, 9.17) is 0 Å². The van der Waals surface area contributed by atoms with Crippen molar-refractivity contribution in [3.8, 4) is 0 Å². The first-order chi connectivity index (χ1) is 5.58. The molecular formula is C7H12F3NO. The summed E-state index contributed by atoms with van der Waals surface area (Å²) in [5, 5.41) is 3.06. The van der Waals surface area contributed by atoms with E-state index in [0.717, 1.165) is 19.5 Å². The van der Waals surface area contributed by atoms with E-state index >= 15 is 0 Å². The molecule has 5 heteroatoms. The molecule has 12 heavy (non-hydrogen) atoms. The average Bonchev–Trinajstić information content (AvgIpc) is 2.36. The van der Waals surface area contributed by atoms with Gasteiger partial charge in [-0.25, -0.2) is 0 Å². The van der Waals surface area contributed by atoms with Gasteiger partial charge in [0.25, 0.3) is 0 Å². The van der Waals surface area contributed by atoms with Crippen molar-refractivity contribution in [1.82, 2.24) is 5.32 Å². The van der Waals surface area contributed by atoms with Gasteiger partial charge in [-0.15, -0.1) is 0 Å². The predicted octanol–water partition coefficient (Wildman–Crippen LogP) is 1.17. The largest absolute Gasteiger partial charge is 0.411 e. The summed E-state index contributed by atoms with van der Waals surface area (Å²) in [5.41, 5.74) is 0. The van der Waals surface area contributed by atoms with E-state index in [1.807, 2.05) is 0 Å². The summed E-state index contributed by atoms with van der Waals surface area (Å²) in [6.07, 6.45) is -3.27. The molecule has 1 heterocycles. The van der Waals surface area contributed by atoms with Gasteiger partial charge in [-0.2, -0.15) is 13.2 Å². The van der Waals surface area contributed by atoms with Gasteiger partial charge in [0.05, 0.1) is 6.61 Å². The summed E-state index contributed by atoms with van der Waals surface area (Å²) in [7, 11) is 0. The van der Waals surface area contributed by atoms with Crippen LogP contribution in [0.2, 0.25) is 0 Å². The first kappa shape index (κ1) is 9.80. The highest BCUT2D eigenvalue weighted by molar-refractivity contribution is 4.70. The van der Waals surface area contributed by atoms with Crippen molar-refractivity contribution in [1.29, 1.82) is 0 Å². The van der Waals surface area contributed by atoms with Crippen LogP contribution in [0.4, 0.5) is 13.2 Å². The van der Waals surface area contributed by atoms with E-state index in [9.17, 15) is 13.2 Å². The van der Waals surface area contributed by atoms with Gasteiger partial charge in [0, 0.05) is 6.54 Å². The minimum atomic E-state index is -4.19. The molecular weight excluding hydrogens is 171 g/mol. The zero-order valence-electron chi connectivity index (χ0n) is 6.66. The Kier molecular flexibility index (Phi) is 3.34. The number of alkyl halides is 3. The molecule has 0 aliphatic carbocycles. The second-order valence-corrected chi connectivity index (χ2v) is 2.99. The fourth-order valence-corrected chi connectivity index (χ4v) is 1.20. The van der Waals surface area contributed by atoms with Crippen LogP contribution in [0, 0.1) is 5.92 Å². The minimum Gasteiger partial charge on any atom is -0.372 e. The van der Waals surface area contributed by atoms with E-state index in [1.54, 1.807) is 0 Å². The molecule has 1 fully saturated rings. The molecule has 2 nitrogen and oxygen atoms in total. The van der Waals surface area contributed by atoms with E-state index in [1.165, 1.54) is 0 Å². The highest BCUT2D eigenvalue weighted by Crippen LogP contribution is 2.16. The zero-order chi connectivity index (χ0) is 9.03. The van der Waals surface area contributed by atoms with Crippen molar-refractivity contribution in [2.75, 3.05) is 26.3 Å². The van der Waals surface area contributed by atoms with Gasteiger partial charge < -0.3 is 10.1 Å². The van der Waals surface area contributed by atoms with Gasteiger partial charge in [0.2, 0.25) is 0 Å². The normalized spacial score (nSPS) is 24.8. The van der Waals surface area contributed by atoms with E-state index in [-0.39, 0.29) is 12.5 Å². The summed E-state index contributed by atoms with van der Waals surface area (Å²) >= 11 is 0. The number of hydrogen-bond acceptors (Lipinski definition) is 2. The molecule has 1 unspecified atom stereocenters. The van der Waals surface area contributed by atoms with Crippen LogP contribution in [0.3, 0.4) is 0 Å². The Morgan fingerprint density at radius 3 is 2.67 bits per heavy atom. The summed E-state index contributed by atoms with van der Waals surface area (Å²) in [5.74, 6) is 0.257. The highest BCUT2D eigenvalue weighted by Gasteiger charge is 2.28. The maximum atomic E-state index is 11.6. The van der Waals surface area contributed by atoms with E-state index < -0.39 is 12.8 Å². The van der Waals surface area contributed by atoms with Crippen molar-refractivity contribution >= 4 is 0 Å². The summed E-state index contributed by atoms with van der Waals surface area (Å²) in [6, 6.07) is 0. The van der Waals surface area contributed by atoms with Crippen LogP contribution in [0.5, 0.6) is 0 Å². The van der Waals surface area contributed by atoms with Crippen molar-refractivity contribution in [2.24, 2.45) is 5.92 Å². The molecule has 1 saturated heterocycles. The molecule has 0 saturated carbocycles. The third kappa shape index (κ3) is 3.92. The predicted molar refractivity (Wildman–Crippen MR) is 37.9 cm³/mol. The molecule has 0 aromatic heterocycles. The Morgan fingerprint density at radius 2 is 2.17 bits per heavy atom. The average molecular weight is 183 g/mol. The van der Waals surface area contributed by atoms with Crippen LogP contribution in [-0.2, 0) is 4.74 Å². The number of rotatable bonds is 3. The van der Waals surface area contributed by atoms with Gasteiger partial charge in [-0.05, 0) is 18.9 Å². The Hall–Kier alpha value is -0.290. The molecule has 0 spiro atoms. The van der Waals surface area contributed by atoms with Gasteiger partial charge in [-0.3, -0.25) is 0 Å². The lowest BCUT2D eigenvalue weighted by Gasteiger charge is -2.10. The maximum absolute atomic E-state index is 11.6.